The summed E-state index contributed by atoms with van der Waals surface area (Å²) in [5, 5.41) is 12.1. The molecule has 0 spiro atoms. The molecule has 2 fully saturated rings. The van der Waals surface area contributed by atoms with Crippen molar-refractivity contribution in [1.29, 1.82) is 0 Å². The average molecular weight is 440 g/mol. The predicted octanol–water partition coefficient (Wildman–Crippen LogP) is 3.01. The third kappa shape index (κ3) is 3.06. The van der Waals surface area contributed by atoms with Crippen molar-refractivity contribution in [3.8, 4) is 16.3 Å². The molecule has 2 N–H and O–H groups in total. The lowest BCUT2D eigenvalue weighted by Gasteiger charge is -2.35. The van der Waals surface area contributed by atoms with Gasteiger partial charge in [0.15, 0.2) is 19.9 Å². The summed E-state index contributed by atoms with van der Waals surface area (Å²) in [7, 11) is 2.15. The molecule has 2 bridgehead atoms. The highest BCUT2D eigenvalue weighted by molar-refractivity contribution is 7.29. The lowest BCUT2D eigenvalue weighted by molar-refractivity contribution is 0.354. The highest BCUT2D eigenvalue weighted by Gasteiger charge is 2.36. The van der Waals surface area contributed by atoms with Crippen LogP contribution in [0.2, 0.25) is 0 Å². The molecule has 2 saturated heterocycles. The third-order valence-corrected chi connectivity index (χ3v) is 8.33. The second-order valence-corrected chi connectivity index (χ2v) is 10.00. The zero-order valence-electron chi connectivity index (χ0n) is 16.4. The fourth-order valence-electron chi connectivity index (χ4n) is 4.60. The van der Waals surface area contributed by atoms with Gasteiger partial charge in [0.25, 0.3) is 5.56 Å². The summed E-state index contributed by atoms with van der Waals surface area (Å²) in [6, 6.07) is 5.34. The van der Waals surface area contributed by atoms with Gasteiger partial charge < -0.3 is 10.2 Å². The smallest absolute Gasteiger partial charge is 0.257 e. The van der Waals surface area contributed by atoms with Crippen LogP contribution in [0.5, 0.6) is 0 Å². The van der Waals surface area contributed by atoms with E-state index in [-0.39, 0.29) is 5.56 Å². The van der Waals surface area contributed by atoms with Crippen LogP contribution in [0, 0.1) is 0 Å². The van der Waals surface area contributed by atoms with Gasteiger partial charge in [-0.1, -0.05) is 22.7 Å². The van der Waals surface area contributed by atoms with E-state index in [9.17, 15) is 4.79 Å². The highest BCUT2D eigenvalue weighted by Crippen LogP contribution is 2.36. The van der Waals surface area contributed by atoms with Gasteiger partial charge in [0, 0.05) is 49.2 Å². The number of hydrogen-bond acceptors (Lipinski definition) is 8. The number of piperidine rings is 1. The van der Waals surface area contributed by atoms with E-state index in [0.29, 0.717) is 23.3 Å². The Kier molecular flexibility index (Phi) is 4.25. The summed E-state index contributed by atoms with van der Waals surface area (Å²) in [6.45, 7) is 0. The van der Waals surface area contributed by atoms with Crippen molar-refractivity contribution in [3.05, 3.63) is 41.1 Å². The first-order valence-corrected chi connectivity index (χ1v) is 11.8. The molecule has 0 amide bonds. The summed E-state index contributed by atoms with van der Waals surface area (Å²) in [5.41, 5.74) is 1.61. The molecular formula is C20H21N7OS2. The summed E-state index contributed by atoms with van der Waals surface area (Å²) in [5.74, 6) is 0. The minimum atomic E-state index is -0.113. The number of rotatable bonds is 4. The van der Waals surface area contributed by atoms with E-state index in [1.807, 2.05) is 6.07 Å². The Hall–Kier alpha value is -2.56. The maximum atomic E-state index is 12.7. The molecule has 1 unspecified atom stereocenters. The van der Waals surface area contributed by atoms with Crippen molar-refractivity contribution in [2.24, 2.45) is 0 Å². The second-order valence-electron chi connectivity index (χ2n) is 8.09. The van der Waals surface area contributed by atoms with Gasteiger partial charge in [-0.05, 0) is 37.3 Å². The molecule has 0 aromatic carbocycles. The Morgan fingerprint density at radius 1 is 1.13 bits per heavy atom. The standard InChI is InChI=1S/C20H21N7OS2/c1-26(15-7-13-2-3-14(8-15)23-13)19-24-17-18(29-19)25-20(30-17)27-5-4-11(6-16(27)28)12-9-21-22-10-12/h4-6,9-10,13-15,23H,2-3,7-8H2,1H3,(H,21,22)/t13-,14+,15?. The van der Waals surface area contributed by atoms with E-state index >= 15 is 0 Å². The van der Waals surface area contributed by atoms with E-state index in [0.717, 1.165) is 25.9 Å². The van der Waals surface area contributed by atoms with Crippen LogP contribution < -0.4 is 15.8 Å². The molecule has 0 saturated carbocycles. The molecule has 8 nitrogen and oxygen atoms in total. The Balaban J connectivity index is 1.27. The Labute approximate surface area is 180 Å². The van der Waals surface area contributed by atoms with Crippen LogP contribution in [0.3, 0.4) is 0 Å². The topological polar surface area (TPSA) is 91.7 Å². The largest absolute Gasteiger partial charge is 0.348 e. The Morgan fingerprint density at radius 3 is 2.63 bits per heavy atom. The minimum Gasteiger partial charge on any atom is -0.348 e. The number of pyridine rings is 1. The summed E-state index contributed by atoms with van der Waals surface area (Å²) < 4.78 is 1.58. The molecule has 10 heteroatoms. The fourth-order valence-corrected chi connectivity index (χ4v) is 6.66. The molecule has 4 aromatic rings. The fraction of sp³-hybridized carbons (Fsp3) is 0.400. The predicted molar refractivity (Wildman–Crippen MR) is 120 cm³/mol. The van der Waals surface area contributed by atoms with Crippen molar-refractivity contribution in [2.75, 3.05) is 11.9 Å². The van der Waals surface area contributed by atoms with Crippen LogP contribution in [-0.4, -0.2) is 49.9 Å². The number of hydrogen-bond donors (Lipinski definition) is 2. The molecule has 6 rings (SSSR count). The molecular weight excluding hydrogens is 418 g/mol. The Morgan fingerprint density at radius 2 is 1.93 bits per heavy atom. The normalized spacial score (nSPS) is 23.3. The number of anilines is 1. The van der Waals surface area contributed by atoms with Crippen molar-refractivity contribution >= 4 is 37.5 Å². The van der Waals surface area contributed by atoms with Gasteiger partial charge in [0.05, 0.1) is 6.20 Å². The third-order valence-electron chi connectivity index (χ3n) is 6.21. The Bertz CT molecular complexity index is 1210. The van der Waals surface area contributed by atoms with E-state index in [1.165, 1.54) is 37.0 Å². The number of H-pyrrole nitrogens is 1. The molecule has 3 atom stereocenters. The average Bonchev–Trinajstić information content (AvgIpc) is 3.51. The van der Waals surface area contributed by atoms with Gasteiger partial charge in [-0.25, -0.2) is 9.97 Å². The van der Waals surface area contributed by atoms with E-state index in [1.54, 1.807) is 40.6 Å². The van der Waals surface area contributed by atoms with Gasteiger partial charge in [0.1, 0.15) is 0 Å². The highest BCUT2D eigenvalue weighted by atomic mass is 32.1. The second kappa shape index (κ2) is 7.00. The summed E-state index contributed by atoms with van der Waals surface area (Å²) >= 11 is 3.07. The van der Waals surface area contributed by atoms with Crippen molar-refractivity contribution < 1.29 is 0 Å². The first-order chi connectivity index (χ1) is 14.6. The molecule has 6 heterocycles. The van der Waals surface area contributed by atoms with Crippen molar-refractivity contribution in [3.63, 3.8) is 0 Å². The van der Waals surface area contributed by atoms with E-state index in [2.05, 4.69) is 27.5 Å². The zero-order chi connectivity index (χ0) is 20.2. The van der Waals surface area contributed by atoms with Gasteiger partial charge in [0.2, 0.25) is 0 Å². The number of aromatic nitrogens is 5. The van der Waals surface area contributed by atoms with E-state index in [4.69, 9.17) is 9.97 Å². The first kappa shape index (κ1) is 18.2. The lowest BCUT2D eigenvalue weighted by atomic mass is 9.99. The van der Waals surface area contributed by atoms with Gasteiger partial charge in [-0.15, -0.1) is 0 Å². The van der Waals surface area contributed by atoms with Crippen LogP contribution in [-0.2, 0) is 0 Å². The molecule has 4 aromatic heterocycles. The van der Waals surface area contributed by atoms with Crippen LogP contribution in [0.15, 0.2) is 35.5 Å². The molecule has 2 aliphatic heterocycles. The maximum Gasteiger partial charge on any atom is 0.257 e. The summed E-state index contributed by atoms with van der Waals surface area (Å²) in [6.07, 6.45) is 10.2. The van der Waals surface area contributed by atoms with Gasteiger partial charge in [-0.3, -0.25) is 14.5 Å². The van der Waals surface area contributed by atoms with Crippen molar-refractivity contribution in [1.82, 2.24) is 30.0 Å². The zero-order valence-corrected chi connectivity index (χ0v) is 18.0. The molecule has 154 valence electrons. The van der Waals surface area contributed by atoms with Gasteiger partial charge >= 0.3 is 0 Å². The molecule has 0 aliphatic carbocycles. The minimum absolute atomic E-state index is 0.113. The van der Waals surface area contributed by atoms with Gasteiger partial charge in [-0.2, -0.15) is 5.10 Å². The number of aromatic amines is 1. The molecule has 2 aliphatic rings. The SMILES string of the molecule is CN(c1nc2sc(-n3ccc(-c4cn[nH]c4)cc3=O)nc2s1)C1C[C@H]2CC[C@@H](C1)N2. The van der Waals surface area contributed by atoms with Crippen LogP contribution in [0.4, 0.5) is 5.13 Å². The lowest BCUT2D eigenvalue weighted by Crippen LogP contribution is -2.47. The van der Waals surface area contributed by atoms with Crippen LogP contribution in [0.1, 0.15) is 25.7 Å². The van der Waals surface area contributed by atoms with Crippen LogP contribution in [0.25, 0.3) is 25.9 Å². The molecule has 30 heavy (non-hydrogen) atoms. The summed E-state index contributed by atoms with van der Waals surface area (Å²) in [4.78, 5) is 26.3. The van der Waals surface area contributed by atoms with Crippen LogP contribution >= 0.6 is 22.7 Å². The maximum absolute atomic E-state index is 12.7. The molecule has 0 radical (unpaired) electrons. The first-order valence-electron chi connectivity index (χ1n) is 10.1. The number of thiazole rings is 2. The van der Waals surface area contributed by atoms with E-state index < -0.39 is 0 Å². The number of nitrogens with one attached hydrogen (secondary N) is 2. The number of nitrogens with zero attached hydrogens (tertiary/aromatic N) is 5. The van der Waals surface area contributed by atoms with Crippen molar-refractivity contribution in [2.45, 2.75) is 43.8 Å². The monoisotopic (exact) mass is 439 g/mol. The number of fused-ring (bicyclic) bond motifs is 3. The quantitative estimate of drug-likeness (QED) is 0.508.